The first-order valence-electron chi connectivity index (χ1n) is 6.74. The van der Waals surface area contributed by atoms with Gasteiger partial charge in [0.2, 0.25) is 10.0 Å². The molecule has 2 atom stereocenters. The van der Waals surface area contributed by atoms with E-state index in [-0.39, 0.29) is 11.4 Å². The minimum atomic E-state index is -3.64. The summed E-state index contributed by atoms with van der Waals surface area (Å²) in [7, 11) is -3.64. The molecule has 1 aliphatic rings. The summed E-state index contributed by atoms with van der Waals surface area (Å²) in [6, 6.07) is 5.86. The number of rotatable bonds is 3. The highest BCUT2D eigenvalue weighted by Crippen LogP contribution is 2.22. The highest BCUT2D eigenvalue weighted by atomic mass is 32.2. The lowest BCUT2D eigenvalue weighted by Gasteiger charge is -2.23. The first kappa shape index (κ1) is 15.8. The quantitative estimate of drug-likeness (QED) is 0.522. The summed E-state index contributed by atoms with van der Waals surface area (Å²) in [5, 5.41) is 13.4. The van der Waals surface area contributed by atoms with E-state index in [1.165, 1.54) is 4.31 Å². The van der Waals surface area contributed by atoms with Crippen molar-refractivity contribution in [3.05, 3.63) is 40.3 Å². The van der Waals surface area contributed by atoms with E-state index < -0.39 is 22.2 Å². The topological polar surface area (TPSA) is 106 Å². The van der Waals surface area contributed by atoms with Crippen LogP contribution in [0, 0.1) is 6.92 Å². The Morgan fingerprint density at radius 3 is 2.67 bits per heavy atom. The molecule has 0 aromatic heterocycles. The van der Waals surface area contributed by atoms with Crippen LogP contribution < -0.4 is 0 Å². The molecular weight excluding hydrogens is 292 g/mol. The Kier molecular flexibility index (Phi) is 4.84. The van der Waals surface area contributed by atoms with Gasteiger partial charge in [-0.25, -0.2) is 8.42 Å². The van der Waals surface area contributed by atoms with Gasteiger partial charge in [0.1, 0.15) is 0 Å². The van der Waals surface area contributed by atoms with Crippen molar-refractivity contribution in [3.63, 3.8) is 0 Å². The maximum atomic E-state index is 12.6. The van der Waals surface area contributed by atoms with Crippen LogP contribution in [-0.2, 0) is 10.0 Å². The number of azide groups is 1. The molecule has 0 spiro atoms. The molecule has 0 bridgehead atoms. The van der Waals surface area contributed by atoms with Crippen LogP contribution in [0.2, 0.25) is 0 Å². The zero-order chi connectivity index (χ0) is 15.5. The van der Waals surface area contributed by atoms with Crippen LogP contribution in [0.15, 0.2) is 34.3 Å². The zero-order valence-corrected chi connectivity index (χ0v) is 12.6. The monoisotopic (exact) mass is 310 g/mol. The van der Waals surface area contributed by atoms with Gasteiger partial charge in [0.25, 0.3) is 0 Å². The summed E-state index contributed by atoms with van der Waals surface area (Å²) in [6.07, 6.45) is 0.145. The largest absolute Gasteiger partial charge is 0.393 e. The second-order valence-corrected chi connectivity index (χ2v) is 7.10. The van der Waals surface area contributed by atoms with Gasteiger partial charge < -0.3 is 5.11 Å². The fourth-order valence-corrected chi connectivity index (χ4v) is 3.84. The predicted molar refractivity (Wildman–Crippen MR) is 78.1 cm³/mol. The molecule has 114 valence electrons. The predicted octanol–water partition coefficient (Wildman–Crippen LogP) is 1.82. The average Bonchev–Trinajstić information content (AvgIpc) is 2.63. The van der Waals surface area contributed by atoms with E-state index in [1.807, 2.05) is 6.92 Å². The van der Waals surface area contributed by atoms with Crippen molar-refractivity contribution >= 4 is 10.0 Å². The molecule has 1 fully saturated rings. The molecule has 1 aromatic carbocycles. The van der Waals surface area contributed by atoms with Crippen molar-refractivity contribution in [2.45, 2.75) is 36.8 Å². The SMILES string of the molecule is Cc1ccc(S(=O)(=O)N2CCC[C@@H](O)[C@H](N=[N+]=[N-])C2)cc1. The molecule has 1 aromatic rings. The fraction of sp³-hybridized carbons (Fsp3) is 0.538. The van der Waals surface area contributed by atoms with Gasteiger partial charge in [0.05, 0.1) is 17.0 Å². The van der Waals surface area contributed by atoms with Gasteiger partial charge in [-0.3, -0.25) is 0 Å². The summed E-state index contributed by atoms with van der Waals surface area (Å²) in [6.45, 7) is 2.20. The van der Waals surface area contributed by atoms with E-state index in [9.17, 15) is 13.5 Å². The van der Waals surface area contributed by atoms with Gasteiger partial charge in [0.15, 0.2) is 0 Å². The van der Waals surface area contributed by atoms with Crippen molar-refractivity contribution in [1.29, 1.82) is 0 Å². The molecular formula is C13H18N4O3S. The number of aliphatic hydroxyl groups is 1. The summed E-state index contributed by atoms with van der Waals surface area (Å²) >= 11 is 0. The fourth-order valence-electron chi connectivity index (χ4n) is 2.35. The number of sulfonamides is 1. The van der Waals surface area contributed by atoms with Crippen LogP contribution in [0.25, 0.3) is 10.4 Å². The molecule has 0 radical (unpaired) electrons. The molecule has 1 heterocycles. The molecule has 21 heavy (non-hydrogen) atoms. The zero-order valence-electron chi connectivity index (χ0n) is 11.8. The number of aryl methyl sites for hydroxylation is 1. The maximum absolute atomic E-state index is 12.6. The van der Waals surface area contributed by atoms with E-state index in [4.69, 9.17) is 5.53 Å². The molecule has 1 N–H and O–H groups in total. The van der Waals surface area contributed by atoms with Gasteiger partial charge in [-0.15, -0.1) is 0 Å². The Balaban J connectivity index is 2.30. The van der Waals surface area contributed by atoms with Crippen molar-refractivity contribution in [3.8, 4) is 0 Å². The molecule has 2 rings (SSSR count). The number of hydrogen-bond donors (Lipinski definition) is 1. The highest BCUT2D eigenvalue weighted by Gasteiger charge is 2.32. The molecule has 0 saturated carbocycles. The smallest absolute Gasteiger partial charge is 0.243 e. The molecule has 8 heteroatoms. The van der Waals surface area contributed by atoms with Crippen LogP contribution in [-0.4, -0.2) is 43.1 Å². The molecule has 1 aliphatic heterocycles. The van der Waals surface area contributed by atoms with E-state index >= 15 is 0 Å². The summed E-state index contributed by atoms with van der Waals surface area (Å²) in [5.41, 5.74) is 9.52. The second-order valence-electron chi connectivity index (χ2n) is 5.16. The van der Waals surface area contributed by atoms with E-state index in [2.05, 4.69) is 10.0 Å². The van der Waals surface area contributed by atoms with Crippen molar-refractivity contribution in [1.82, 2.24) is 4.31 Å². The standard InChI is InChI=1S/C13H18N4O3S/c1-10-4-6-11(7-5-10)21(19,20)17-8-2-3-13(18)12(9-17)15-16-14/h4-7,12-13,18H,2-3,8-9H2,1H3/t12-,13-/m1/s1. The normalized spacial score (nSPS) is 24.1. The first-order valence-corrected chi connectivity index (χ1v) is 8.18. The Morgan fingerprint density at radius 1 is 1.38 bits per heavy atom. The second kappa shape index (κ2) is 6.44. The molecule has 0 unspecified atom stereocenters. The minimum Gasteiger partial charge on any atom is -0.393 e. The number of nitrogens with zero attached hydrogens (tertiary/aromatic N) is 4. The highest BCUT2D eigenvalue weighted by molar-refractivity contribution is 7.89. The average molecular weight is 310 g/mol. The van der Waals surface area contributed by atoms with Gasteiger partial charge >= 0.3 is 0 Å². The van der Waals surface area contributed by atoms with Crippen LogP contribution in [0.3, 0.4) is 0 Å². The summed E-state index contributed by atoms with van der Waals surface area (Å²) in [4.78, 5) is 2.91. The molecule has 7 nitrogen and oxygen atoms in total. The molecule has 1 saturated heterocycles. The lowest BCUT2D eigenvalue weighted by molar-refractivity contribution is 0.139. The lowest BCUT2D eigenvalue weighted by Crippen LogP contribution is -2.38. The van der Waals surface area contributed by atoms with Crippen LogP contribution >= 0.6 is 0 Å². The molecule has 0 amide bonds. The van der Waals surface area contributed by atoms with Gasteiger partial charge in [0, 0.05) is 18.0 Å². The van der Waals surface area contributed by atoms with Gasteiger partial charge in [-0.05, 0) is 37.4 Å². The van der Waals surface area contributed by atoms with Crippen LogP contribution in [0.4, 0.5) is 0 Å². The van der Waals surface area contributed by atoms with E-state index in [0.29, 0.717) is 19.4 Å². The molecule has 0 aliphatic carbocycles. The van der Waals surface area contributed by atoms with Crippen molar-refractivity contribution in [2.24, 2.45) is 5.11 Å². The Labute approximate surface area is 123 Å². The van der Waals surface area contributed by atoms with Crippen LogP contribution in [0.5, 0.6) is 0 Å². The third-order valence-electron chi connectivity index (χ3n) is 3.60. The number of benzene rings is 1. The van der Waals surface area contributed by atoms with E-state index in [1.54, 1.807) is 24.3 Å². The third-order valence-corrected chi connectivity index (χ3v) is 5.48. The Hall–Kier alpha value is -1.60. The van der Waals surface area contributed by atoms with Crippen LogP contribution in [0.1, 0.15) is 18.4 Å². The Bertz CT molecular complexity index is 638. The van der Waals surface area contributed by atoms with E-state index in [0.717, 1.165) is 5.56 Å². The maximum Gasteiger partial charge on any atom is 0.243 e. The third kappa shape index (κ3) is 3.54. The first-order chi connectivity index (χ1) is 9.95. The summed E-state index contributed by atoms with van der Waals surface area (Å²) < 4.78 is 26.5. The van der Waals surface area contributed by atoms with Crippen molar-refractivity contribution < 1.29 is 13.5 Å². The Morgan fingerprint density at radius 2 is 2.05 bits per heavy atom. The van der Waals surface area contributed by atoms with Gasteiger partial charge in [-0.1, -0.05) is 22.8 Å². The van der Waals surface area contributed by atoms with Gasteiger partial charge in [-0.2, -0.15) is 4.31 Å². The number of aliphatic hydroxyl groups excluding tert-OH is 1. The number of hydrogen-bond acceptors (Lipinski definition) is 4. The lowest BCUT2D eigenvalue weighted by atomic mass is 10.1. The summed E-state index contributed by atoms with van der Waals surface area (Å²) in [5.74, 6) is 0. The minimum absolute atomic E-state index is 0.00143. The van der Waals surface area contributed by atoms with Crippen molar-refractivity contribution in [2.75, 3.05) is 13.1 Å².